The van der Waals surface area contributed by atoms with Crippen molar-refractivity contribution in [1.29, 1.82) is 0 Å². The molecule has 1 aliphatic rings. The van der Waals surface area contributed by atoms with Crippen molar-refractivity contribution in [2.75, 3.05) is 17.3 Å². The van der Waals surface area contributed by atoms with Gasteiger partial charge >= 0.3 is 0 Å². The zero-order valence-electron chi connectivity index (χ0n) is 16.1. The molecule has 142 valence electrons. The SMILES string of the molecule is COc1ccc(C(=O)N(c2ccccc2)[C@@H]2C[C@H](C)Nc3ccccc32)cc1. The molecule has 3 aromatic rings. The minimum Gasteiger partial charge on any atom is -0.497 e. The van der Waals surface area contributed by atoms with E-state index in [1.807, 2.05) is 71.6 Å². The number of benzene rings is 3. The molecule has 4 rings (SSSR count). The number of ether oxygens (including phenoxy) is 1. The fourth-order valence-corrected chi connectivity index (χ4v) is 3.85. The largest absolute Gasteiger partial charge is 0.497 e. The van der Waals surface area contributed by atoms with E-state index in [2.05, 4.69) is 24.4 Å². The van der Waals surface area contributed by atoms with Gasteiger partial charge in [-0.2, -0.15) is 0 Å². The highest BCUT2D eigenvalue weighted by molar-refractivity contribution is 6.06. The number of hydrogen-bond donors (Lipinski definition) is 1. The van der Waals surface area contributed by atoms with Gasteiger partial charge in [-0.15, -0.1) is 0 Å². The lowest BCUT2D eigenvalue weighted by Crippen LogP contribution is -2.40. The summed E-state index contributed by atoms with van der Waals surface area (Å²) in [6.07, 6.45) is 0.841. The molecular weight excluding hydrogens is 348 g/mol. The normalized spacial score (nSPS) is 17.9. The summed E-state index contributed by atoms with van der Waals surface area (Å²) in [4.78, 5) is 15.6. The quantitative estimate of drug-likeness (QED) is 0.677. The Bertz CT molecular complexity index is 954. The lowest BCUT2D eigenvalue weighted by Gasteiger charge is -2.39. The Kier molecular flexibility index (Phi) is 5.02. The van der Waals surface area contributed by atoms with Gasteiger partial charge in [-0.3, -0.25) is 4.79 Å². The fourth-order valence-electron chi connectivity index (χ4n) is 3.85. The Morgan fingerprint density at radius 2 is 1.64 bits per heavy atom. The van der Waals surface area contributed by atoms with Crippen molar-refractivity contribution in [3.8, 4) is 5.75 Å². The molecule has 28 heavy (non-hydrogen) atoms. The summed E-state index contributed by atoms with van der Waals surface area (Å²) in [6, 6.07) is 25.7. The van der Waals surface area contributed by atoms with Crippen molar-refractivity contribution in [3.63, 3.8) is 0 Å². The molecule has 1 aliphatic heterocycles. The molecule has 0 saturated heterocycles. The number of carbonyl (C=O) groups is 1. The van der Waals surface area contributed by atoms with Crippen molar-refractivity contribution in [1.82, 2.24) is 0 Å². The summed E-state index contributed by atoms with van der Waals surface area (Å²) in [6.45, 7) is 2.16. The van der Waals surface area contributed by atoms with Crippen LogP contribution in [-0.2, 0) is 0 Å². The summed E-state index contributed by atoms with van der Waals surface area (Å²) in [5, 5.41) is 3.54. The van der Waals surface area contributed by atoms with Crippen LogP contribution < -0.4 is 15.0 Å². The molecule has 0 bridgehead atoms. The van der Waals surface area contributed by atoms with Gasteiger partial charge in [0.2, 0.25) is 0 Å². The van der Waals surface area contributed by atoms with E-state index in [0.717, 1.165) is 29.1 Å². The van der Waals surface area contributed by atoms with Gasteiger partial charge in [0, 0.05) is 23.0 Å². The highest BCUT2D eigenvalue weighted by Crippen LogP contribution is 2.39. The Morgan fingerprint density at radius 1 is 0.964 bits per heavy atom. The van der Waals surface area contributed by atoms with Crippen LogP contribution in [0.4, 0.5) is 11.4 Å². The lowest BCUT2D eigenvalue weighted by molar-refractivity contribution is 0.0974. The van der Waals surface area contributed by atoms with Gasteiger partial charge in [0.15, 0.2) is 0 Å². The summed E-state index contributed by atoms with van der Waals surface area (Å²) < 4.78 is 5.24. The Morgan fingerprint density at radius 3 is 2.36 bits per heavy atom. The zero-order valence-corrected chi connectivity index (χ0v) is 16.1. The van der Waals surface area contributed by atoms with E-state index in [1.54, 1.807) is 7.11 Å². The average Bonchev–Trinajstić information content (AvgIpc) is 2.74. The van der Waals surface area contributed by atoms with Crippen LogP contribution in [0.15, 0.2) is 78.9 Å². The number of anilines is 2. The Labute approximate surface area is 165 Å². The van der Waals surface area contributed by atoms with Crippen molar-refractivity contribution in [2.45, 2.75) is 25.4 Å². The van der Waals surface area contributed by atoms with E-state index in [0.29, 0.717) is 5.56 Å². The maximum Gasteiger partial charge on any atom is 0.258 e. The first kappa shape index (κ1) is 18.1. The first-order chi connectivity index (χ1) is 13.7. The Balaban J connectivity index is 1.79. The molecule has 4 nitrogen and oxygen atoms in total. The van der Waals surface area contributed by atoms with Crippen LogP contribution in [0.25, 0.3) is 0 Å². The maximum atomic E-state index is 13.6. The van der Waals surface area contributed by atoms with Gasteiger partial charge in [0.05, 0.1) is 13.2 Å². The second-order valence-electron chi connectivity index (χ2n) is 7.12. The Hall–Kier alpha value is -3.27. The third kappa shape index (κ3) is 3.46. The minimum atomic E-state index is -0.0375. The summed E-state index contributed by atoms with van der Waals surface area (Å²) in [5.41, 5.74) is 3.78. The number of nitrogens with one attached hydrogen (secondary N) is 1. The van der Waals surface area contributed by atoms with Crippen LogP contribution in [0, 0.1) is 0 Å². The third-order valence-electron chi connectivity index (χ3n) is 5.20. The standard InChI is InChI=1S/C24H24N2O2/c1-17-16-23(21-10-6-7-11-22(21)25-17)26(19-8-4-3-5-9-19)24(27)18-12-14-20(28-2)15-13-18/h3-15,17,23,25H,16H2,1-2H3/t17-,23+/m0/s1. The minimum absolute atomic E-state index is 0.0113. The number of nitrogens with zero attached hydrogens (tertiary/aromatic N) is 1. The monoisotopic (exact) mass is 372 g/mol. The van der Waals surface area contributed by atoms with Gasteiger partial charge in [-0.25, -0.2) is 0 Å². The van der Waals surface area contributed by atoms with Crippen molar-refractivity contribution < 1.29 is 9.53 Å². The third-order valence-corrected chi connectivity index (χ3v) is 5.20. The first-order valence-corrected chi connectivity index (χ1v) is 9.55. The molecule has 2 atom stereocenters. The van der Waals surface area contributed by atoms with Crippen LogP contribution in [0.1, 0.15) is 35.3 Å². The van der Waals surface area contributed by atoms with Crippen LogP contribution in [-0.4, -0.2) is 19.1 Å². The molecule has 0 fully saturated rings. The van der Waals surface area contributed by atoms with E-state index >= 15 is 0 Å². The van der Waals surface area contributed by atoms with Crippen LogP contribution in [0.3, 0.4) is 0 Å². The van der Waals surface area contributed by atoms with Crippen LogP contribution >= 0.6 is 0 Å². The highest BCUT2D eigenvalue weighted by Gasteiger charge is 2.33. The van der Waals surface area contributed by atoms with E-state index in [9.17, 15) is 4.79 Å². The number of carbonyl (C=O) groups excluding carboxylic acids is 1. The second kappa shape index (κ2) is 7.77. The molecule has 1 N–H and O–H groups in total. The molecule has 1 heterocycles. The van der Waals surface area contributed by atoms with E-state index < -0.39 is 0 Å². The van der Waals surface area contributed by atoms with Crippen molar-refractivity contribution in [3.05, 3.63) is 90.0 Å². The van der Waals surface area contributed by atoms with Crippen LogP contribution in [0.5, 0.6) is 5.75 Å². The van der Waals surface area contributed by atoms with Gasteiger partial charge in [-0.05, 0) is 61.4 Å². The van der Waals surface area contributed by atoms with Gasteiger partial charge < -0.3 is 15.0 Å². The molecule has 0 aliphatic carbocycles. The predicted molar refractivity (Wildman–Crippen MR) is 113 cm³/mol. The summed E-state index contributed by atoms with van der Waals surface area (Å²) in [5.74, 6) is 0.728. The number of methoxy groups -OCH3 is 1. The molecule has 0 unspecified atom stereocenters. The lowest BCUT2D eigenvalue weighted by atomic mass is 9.91. The highest BCUT2D eigenvalue weighted by atomic mass is 16.5. The number of fused-ring (bicyclic) bond motifs is 1. The molecule has 0 aromatic heterocycles. The molecule has 0 spiro atoms. The van der Waals surface area contributed by atoms with Crippen molar-refractivity contribution in [2.24, 2.45) is 0 Å². The zero-order chi connectivity index (χ0) is 19.5. The molecule has 0 radical (unpaired) electrons. The molecule has 3 aromatic carbocycles. The smallest absolute Gasteiger partial charge is 0.258 e. The number of hydrogen-bond acceptors (Lipinski definition) is 3. The van der Waals surface area contributed by atoms with Crippen LogP contribution in [0.2, 0.25) is 0 Å². The maximum absolute atomic E-state index is 13.6. The van der Waals surface area contributed by atoms with Crippen molar-refractivity contribution >= 4 is 17.3 Å². The predicted octanol–water partition coefficient (Wildman–Crippen LogP) is 5.29. The average molecular weight is 372 g/mol. The number of rotatable bonds is 4. The first-order valence-electron chi connectivity index (χ1n) is 9.55. The van der Waals surface area contributed by atoms with E-state index in [1.165, 1.54) is 0 Å². The molecule has 1 amide bonds. The fraction of sp³-hybridized carbons (Fsp3) is 0.208. The van der Waals surface area contributed by atoms with Gasteiger partial charge in [-0.1, -0.05) is 36.4 Å². The molecular formula is C24H24N2O2. The summed E-state index contributed by atoms with van der Waals surface area (Å²) >= 11 is 0. The van der Waals surface area contributed by atoms with E-state index in [-0.39, 0.29) is 18.0 Å². The van der Waals surface area contributed by atoms with E-state index in [4.69, 9.17) is 4.74 Å². The second-order valence-corrected chi connectivity index (χ2v) is 7.12. The molecule has 0 saturated carbocycles. The van der Waals surface area contributed by atoms with Gasteiger partial charge in [0.25, 0.3) is 5.91 Å². The summed E-state index contributed by atoms with van der Waals surface area (Å²) in [7, 11) is 1.63. The topological polar surface area (TPSA) is 41.6 Å². The number of para-hydroxylation sites is 2. The molecule has 4 heteroatoms. The number of amides is 1. The van der Waals surface area contributed by atoms with Gasteiger partial charge in [0.1, 0.15) is 5.75 Å².